The summed E-state index contributed by atoms with van der Waals surface area (Å²) in [4.78, 5) is 29.5. The zero-order chi connectivity index (χ0) is 20.5. The van der Waals surface area contributed by atoms with E-state index in [0.717, 1.165) is 0 Å². The Labute approximate surface area is 163 Å². The quantitative estimate of drug-likeness (QED) is 0.504. The molecule has 0 aliphatic heterocycles. The second-order valence-electron chi connectivity index (χ2n) is 6.34. The van der Waals surface area contributed by atoms with Crippen molar-refractivity contribution in [3.05, 3.63) is 47.5 Å². The van der Waals surface area contributed by atoms with Crippen LogP contribution < -0.4 is 5.32 Å². The monoisotopic (exact) mass is 396 g/mol. The highest BCUT2D eigenvalue weighted by molar-refractivity contribution is 6.05. The van der Waals surface area contributed by atoms with E-state index in [1.807, 2.05) is 0 Å². The molecule has 4 rings (SSSR count). The molecule has 1 unspecified atom stereocenters. The van der Waals surface area contributed by atoms with E-state index in [9.17, 15) is 9.59 Å². The number of esters is 1. The molecule has 0 aliphatic carbocycles. The van der Waals surface area contributed by atoms with Crippen molar-refractivity contribution in [1.82, 2.24) is 15.3 Å². The summed E-state index contributed by atoms with van der Waals surface area (Å²) in [6.45, 7) is 4.82. The van der Waals surface area contributed by atoms with Gasteiger partial charge in [0.15, 0.2) is 17.7 Å². The Morgan fingerprint density at radius 1 is 1.17 bits per heavy atom. The van der Waals surface area contributed by atoms with Gasteiger partial charge in [-0.1, -0.05) is 10.3 Å². The van der Waals surface area contributed by atoms with E-state index in [4.69, 9.17) is 18.2 Å². The molecule has 0 aromatic carbocycles. The molecule has 148 valence electrons. The number of anilines is 1. The lowest BCUT2D eigenvalue weighted by molar-refractivity contribution is -0.123. The number of nitrogens with one attached hydrogen (secondary N) is 1. The van der Waals surface area contributed by atoms with Crippen molar-refractivity contribution in [2.45, 2.75) is 26.9 Å². The van der Waals surface area contributed by atoms with Crippen molar-refractivity contribution in [3.63, 3.8) is 0 Å². The van der Waals surface area contributed by atoms with Crippen LogP contribution in [0.15, 0.2) is 44.0 Å². The van der Waals surface area contributed by atoms with Crippen LogP contribution in [-0.4, -0.2) is 33.3 Å². The second-order valence-corrected chi connectivity index (χ2v) is 6.34. The van der Waals surface area contributed by atoms with Gasteiger partial charge in [-0.2, -0.15) is 0 Å². The normalized spacial score (nSPS) is 12.1. The Balaban J connectivity index is 1.60. The number of furan rings is 1. The molecule has 10 heteroatoms. The lowest BCUT2D eigenvalue weighted by Gasteiger charge is -2.13. The first-order valence-electron chi connectivity index (χ1n) is 8.68. The maximum absolute atomic E-state index is 12.8. The topological polar surface area (TPSA) is 133 Å². The number of hydrogen-bond acceptors (Lipinski definition) is 9. The third-order valence-corrected chi connectivity index (χ3v) is 4.14. The summed E-state index contributed by atoms with van der Waals surface area (Å²) in [5.41, 5.74) is 1.18. The summed E-state index contributed by atoms with van der Waals surface area (Å²) in [7, 11) is 0. The molecule has 0 spiro atoms. The third kappa shape index (κ3) is 3.59. The number of aryl methyl sites for hydroxylation is 2. The Bertz CT molecular complexity index is 1190. The highest BCUT2D eigenvalue weighted by Crippen LogP contribution is 2.28. The number of fused-ring (bicyclic) bond motifs is 1. The molecule has 4 aromatic rings. The highest BCUT2D eigenvalue weighted by Gasteiger charge is 2.25. The van der Waals surface area contributed by atoms with Crippen molar-refractivity contribution in [2.24, 2.45) is 0 Å². The summed E-state index contributed by atoms with van der Waals surface area (Å²) in [6.07, 6.45) is 0.401. The molecular formula is C19H16N4O6. The van der Waals surface area contributed by atoms with E-state index < -0.39 is 18.0 Å². The summed E-state index contributed by atoms with van der Waals surface area (Å²) in [6, 6.07) is 6.46. The SMILES string of the molecule is Cc1cc(NC(=O)C(C)OC(=O)c2cc(-c3ccco3)nc3onc(C)c23)no1. The number of nitrogens with zero attached hydrogens (tertiary/aromatic N) is 3. The molecule has 0 radical (unpaired) electrons. The highest BCUT2D eigenvalue weighted by atomic mass is 16.5. The van der Waals surface area contributed by atoms with Crippen molar-refractivity contribution in [1.29, 1.82) is 0 Å². The zero-order valence-corrected chi connectivity index (χ0v) is 15.8. The summed E-state index contributed by atoms with van der Waals surface area (Å²) >= 11 is 0. The maximum atomic E-state index is 12.8. The van der Waals surface area contributed by atoms with Crippen molar-refractivity contribution < 1.29 is 27.8 Å². The molecule has 1 N–H and O–H groups in total. The van der Waals surface area contributed by atoms with Gasteiger partial charge in [0.25, 0.3) is 11.6 Å². The number of carbonyl (C=O) groups is 2. The number of ether oxygens (including phenoxy) is 1. The van der Waals surface area contributed by atoms with Gasteiger partial charge >= 0.3 is 5.97 Å². The lowest BCUT2D eigenvalue weighted by Crippen LogP contribution is -2.30. The van der Waals surface area contributed by atoms with Gasteiger partial charge in [0.05, 0.1) is 22.9 Å². The van der Waals surface area contributed by atoms with Crippen LogP contribution in [0.1, 0.15) is 28.7 Å². The predicted octanol–water partition coefficient (Wildman–Crippen LogP) is 3.27. The average Bonchev–Trinajstić information content (AvgIpc) is 3.43. The molecule has 29 heavy (non-hydrogen) atoms. The van der Waals surface area contributed by atoms with E-state index >= 15 is 0 Å². The van der Waals surface area contributed by atoms with Crippen LogP contribution in [0, 0.1) is 13.8 Å². The van der Waals surface area contributed by atoms with Crippen LogP contribution in [0.4, 0.5) is 5.82 Å². The van der Waals surface area contributed by atoms with Gasteiger partial charge in [0.1, 0.15) is 11.5 Å². The molecule has 0 aliphatic rings. The van der Waals surface area contributed by atoms with E-state index in [1.54, 1.807) is 32.0 Å². The van der Waals surface area contributed by atoms with Gasteiger partial charge in [-0.05, 0) is 39.0 Å². The minimum atomic E-state index is -1.09. The number of hydrogen-bond donors (Lipinski definition) is 1. The Kier molecular flexibility index (Phi) is 4.59. The minimum Gasteiger partial charge on any atom is -0.463 e. The molecule has 0 saturated heterocycles. The molecule has 1 amide bonds. The number of aromatic nitrogens is 3. The van der Waals surface area contributed by atoms with E-state index in [0.29, 0.717) is 28.3 Å². The number of rotatable bonds is 5. The Morgan fingerprint density at radius 3 is 2.69 bits per heavy atom. The molecule has 10 nitrogen and oxygen atoms in total. The predicted molar refractivity (Wildman–Crippen MR) is 99.0 cm³/mol. The average molecular weight is 396 g/mol. The summed E-state index contributed by atoms with van der Waals surface area (Å²) < 4.78 is 20.8. The van der Waals surface area contributed by atoms with Gasteiger partial charge in [-0.15, -0.1) is 0 Å². The number of pyridine rings is 1. The van der Waals surface area contributed by atoms with Crippen molar-refractivity contribution in [2.75, 3.05) is 5.32 Å². The number of amides is 1. The third-order valence-electron chi connectivity index (χ3n) is 4.14. The van der Waals surface area contributed by atoms with Gasteiger partial charge in [0.2, 0.25) is 0 Å². The molecule has 1 atom stereocenters. The van der Waals surface area contributed by atoms with E-state index in [-0.39, 0.29) is 17.1 Å². The van der Waals surface area contributed by atoms with Crippen LogP contribution in [0.5, 0.6) is 0 Å². The first-order valence-corrected chi connectivity index (χ1v) is 8.68. The van der Waals surface area contributed by atoms with Gasteiger partial charge in [-0.25, -0.2) is 9.78 Å². The smallest absolute Gasteiger partial charge is 0.339 e. The van der Waals surface area contributed by atoms with Crippen molar-refractivity contribution >= 4 is 28.8 Å². The van der Waals surface area contributed by atoms with Crippen LogP contribution in [0.3, 0.4) is 0 Å². The molecule has 0 bridgehead atoms. The molecule has 4 heterocycles. The fourth-order valence-electron chi connectivity index (χ4n) is 2.74. The molecule has 0 fully saturated rings. The second kappa shape index (κ2) is 7.23. The fourth-order valence-corrected chi connectivity index (χ4v) is 2.74. The van der Waals surface area contributed by atoms with E-state index in [1.165, 1.54) is 19.3 Å². The van der Waals surface area contributed by atoms with Crippen LogP contribution in [0.2, 0.25) is 0 Å². The molecule has 0 saturated carbocycles. The van der Waals surface area contributed by atoms with Gasteiger partial charge in [0, 0.05) is 6.07 Å². The van der Waals surface area contributed by atoms with Crippen LogP contribution >= 0.6 is 0 Å². The fraction of sp³-hybridized carbons (Fsp3) is 0.211. The summed E-state index contributed by atoms with van der Waals surface area (Å²) in [5, 5.41) is 10.5. The molecular weight excluding hydrogens is 380 g/mol. The van der Waals surface area contributed by atoms with Gasteiger partial charge < -0.3 is 23.5 Å². The van der Waals surface area contributed by atoms with Crippen molar-refractivity contribution in [3.8, 4) is 11.5 Å². The Morgan fingerprint density at radius 2 is 2.00 bits per heavy atom. The summed E-state index contributed by atoms with van der Waals surface area (Å²) in [5.74, 6) is -0.0582. The van der Waals surface area contributed by atoms with E-state index in [2.05, 4.69) is 20.6 Å². The van der Waals surface area contributed by atoms with Crippen LogP contribution in [-0.2, 0) is 9.53 Å². The first-order chi connectivity index (χ1) is 13.9. The zero-order valence-electron chi connectivity index (χ0n) is 15.8. The Hall–Kier alpha value is -3.95. The molecule has 4 aromatic heterocycles. The van der Waals surface area contributed by atoms with Gasteiger partial charge in [-0.3, -0.25) is 4.79 Å². The number of carbonyl (C=O) groups excluding carboxylic acids is 2. The largest absolute Gasteiger partial charge is 0.463 e. The maximum Gasteiger partial charge on any atom is 0.339 e. The van der Waals surface area contributed by atoms with Crippen LogP contribution in [0.25, 0.3) is 22.6 Å². The lowest BCUT2D eigenvalue weighted by atomic mass is 10.1. The first kappa shape index (κ1) is 18.4. The standard InChI is InChI=1S/C19H16N4O6/c1-9-7-15(23-28-9)21-17(24)11(3)27-19(25)12-8-13(14-5-4-6-26-14)20-18-16(12)10(2)22-29-18/h4-8,11H,1-3H3,(H,21,23,24). The minimum absolute atomic E-state index is 0.164.